The number of aldehydes is 1. The minimum absolute atomic E-state index is 0.170. The van der Waals surface area contributed by atoms with Gasteiger partial charge in [-0.2, -0.15) is 0 Å². The molecule has 0 saturated heterocycles. The van der Waals surface area contributed by atoms with Gasteiger partial charge in [-0.15, -0.1) is 11.3 Å². The van der Waals surface area contributed by atoms with Crippen LogP contribution in [0.1, 0.15) is 9.67 Å². The summed E-state index contributed by atoms with van der Waals surface area (Å²) < 4.78 is 4.54. The van der Waals surface area contributed by atoms with Crippen molar-refractivity contribution < 1.29 is 14.3 Å². The molecule has 4 heteroatoms. The highest BCUT2D eigenvalue weighted by Gasteiger charge is 2.05. The second-order valence-electron chi connectivity index (χ2n) is 1.74. The van der Waals surface area contributed by atoms with Crippen LogP contribution in [0.3, 0.4) is 0 Å². The summed E-state index contributed by atoms with van der Waals surface area (Å²) in [7, 11) is 0. The van der Waals surface area contributed by atoms with E-state index in [-0.39, 0.29) is 6.61 Å². The van der Waals surface area contributed by atoms with Gasteiger partial charge in [-0.05, 0) is 11.4 Å². The molecule has 3 nitrogen and oxygen atoms in total. The first-order valence-electron chi connectivity index (χ1n) is 2.99. The van der Waals surface area contributed by atoms with Crippen LogP contribution in [0.2, 0.25) is 0 Å². The van der Waals surface area contributed by atoms with Crippen LogP contribution >= 0.6 is 11.3 Å². The van der Waals surface area contributed by atoms with Gasteiger partial charge in [-0.25, -0.2) is 4.79 Å². The Labute approximate surface area is 67.6 Å². The molecule has 0 atom stereocenters. The van der Waals surface area contributed by atoms with Gasteiger partial charge in [0, 0.05) is 0 Å². The van der Waals surface area contributed by atoms with Gasteiger partial charge in [-0.3, -0.25) is 4.79 Å². The van der Waals surface area contributed by atoms with Gasteiger partial charge in [0.2, 0.25) is 0 Å². The zero-order chi connectivity index (χ0) is 8.10. The maximum absolute atomic E-state index is 10.9. The summed E-state index contributed by atoms with van der Waals surface area (Å²) in [6.07, 6.45) is 0.547. The molecular weight excluding hydrogens is 164 g/mol. The van der Waals surface area contributed by atoms with E-state index in [0.717, 1.165) is 0 Å². The largest absolute Gasteiger partial charge is 0.454 e. The number of hydrogen-bond donors (Lipinski definition) is 0. The monoisotopic (exact) mass is 170 g/mol. The van der Waals surface area contributed by atoms with E-state index in [2.05, 4.69) is 4.74 Å². The Bertz CT molecular complexity index is 240. The molecule has 1 aromatic heterocycles. The van der Waals surface area contributed by atoms with E-state index < -0.39 is 5.97 Å². The highest BCUT2D eigenvalue weighted by Crippen LogP contribution is 2.09. The van der Waals surface area contributed by atoms with Crippen molar-refractivity contribution in [2.75, 3.05) is 6.61 Å². The molecule has 0 aliphatic heterocycles. The van der Waals surface area contributed by atoms with Crippen molar-refractivity contribution in [2.45, 2.75) is 0 Å². The topological polar surface area (TPSA) is 43.4 Å². The number of esters is 1. The van der Waals surface area contributed by atoms with Gasteiger partial charge in [0.1, 0.15) is 11.5 Å². The van der Waals surface area contributed by atoms with E-state index in [0.29, 0.717) is 11.2 Å². The van der Waals surface area contributed by atoms with Crippen molar-refractivity contribution in [1.29, 1.82) is 0 Å². The number of hydrogen-bond acceptors (Lipinski definition) is 4. The van der Waals surface area contributed by atoms with E-state index in [4.69, 9.17) is 0 Å². The van der Waals surface area contributed by atoms with Crippen LogP contribution in [0.4, 0.5) is 0 Å². The lowest BCUT2D eigenvalue weighted by atomic mass is 10.5. The quantitative estimate of drug-likeness (QED) is 0.504. The molecule has 1 rings (SSSR count). The van der Waals surface area contributed by atoms with Crippen molar-refractivity contribution in [2.24, 2.45) is 0 Å². The first-order chi connectivity index (χ1) is 5.34. The summed E-state index contributed by atoms with van der Waals surface area (Å²) in [5, 5.41) is 1.78. The summed E-state index contributed by atoms with van der Waals surface area (Å²) in [4.78, 5) is 21.2. The van der Waals surface area contributed by atoms with Gasteiger partial charge in [0.25, 0.3) is 0 Å². The molecule has 1 heterocycles. The Kier molecular flexibility index (Phi) is 2.80. The fourth-order valence-electron chi connectivity index (χ4n) is 0.576. The van der Waals surface area contributed by atoms with Crippen LogP contribution in [-0.2, 0) is 9.53 Å². The van der Waals surface area contributed by atoms with Crippen molar-refractivity contribution >= 4 is 23.6 Å². The lowest BCUT2D eigenvalue weighted by molar-refractivity contribution is -0.110. The second kappa shape index (κ2) is 3.88. The molecule has 0 aromatic carbocycles. The zero-order valence-electron chi connectivity index (χ0n) is 5.65. The number of rotatable bonds is 3. The molecular formula is C7H6O3S. The minimum atomic E-state index is -0.438. The van der Waals surface area contributed by atoms with Crippen molar-refractivity contribution in [1.82, 2.24) is 0 Å². The lowest BCUT2D eigenvalue weighted by Gasteiger charge is -1.94. The number of ether oxygens (including phenoxy) is 1. The molecule has 0 fully saturated rings. The summed E-state index contributed by atoms with van der Waals surface area (Å²) >= 11 is 1.29. The van der Waals surface area contributed by atoms with Crippen LogP contribution < -0.4 is 0 Å². The second-order valence-corrected chi connectivity index (χ2v) is 2.69. The van der Waals surface area contributed by atoms with Crippen LogP contribution in [-0.4, -0.2) is 18.9 Å². The third-order valence-electron chi connectivity index (χ3n) is 1.00. The van der Waals surface area contributed by atoms with E-state index in [1.165, 1.54) is 11.3 Å². The number of thiophene rings is 1. The highest BCUT2D eigenvalue weighted by atomic mass is 32.1. The van der Waals surface area contributed by atoms with Gasteiger partial charge in [0.15, 0.2) is 6.29 Å². The Balaban J connectivity index is 2.49. The molecule has 0 bridgehead atoms. The Morgan fingerprint density at radius 1 is 1.73 bits per heavy atom. The summed E-state index contributed by atoms with van der Waals surface area (Å²) in [5.41, 5.74) is 0. The summed E-state index contributed by atoms with van der Waals surface area (Å²) in [5.74, 6) is -0.438. The molecule has 0 amide bonds. The van der Waals surface area contributed by atoms with E-state index >= 15 is 0 Å². The Morgan fingerprint density at radius 3 is 3.09 bits per heavy atom. The van der Waals surface area contributed by atoms with Gasteiger partial charge in [-0.1, -0.05) is 6.07 Å². The Morgan fingerprint density at radius 2 is 2.55 bits per heavy atom. The molecule has 58 valence electrons. The van der Waals surface area contributed by atoms with Gasteiger partial charge in [0.05, 0.1) is 0 Å². The minimum Gasteiger partial charge on any atom is -0.454 e. The van der Waals surface area contributed by atoms with Crippen LogP contribution in [0.25, 0.3) is 0 Å². The normalized spacial score (nSPS) is 9.09. The lowest BCUT2D eigenvalue weighted by Crippen LogP contribution is -2.04. The third-order valence-corrected chi connectivity index (χ3v) is 1.85. The molecule has 11 heavy (non-hydrogen) atoms. The highest BCUT2D eigenvalue weighted by molar-refractivity contribution is 7.11. The molecule has 1 aromatic rings. The molecule has 0 aliphatic rings. The van der Waals surface area contributed by atoms with Crippen molar-refractivity contribution in [3.63, 3.8) is 0 Å². The van der Waals surface area contributed by atoms with Crippen LogP contribution in [0.5, 0.6) is 0 Å². The smallest absolute Gasteiger partial charge is 0.348 e. The Hall–Kier alpha value is -1.16. The predicted octanol–water partition coefficient (Wildman–Crippen LogP) is 1.10. The van der Waals surface area contributed by atoms with Gasteiger partial charge >= 0.3 is 5.97 Å². The number of carbonyl (C=O) groups excluding carboxylic acids is 2. The molecule has 0 radical (unpaired) electrons. The van der Waals surface area contributed by atoms with E-state index in [1.807, 2.05) is 0 Å². The first kappa shape index (κ1) is 7.94. The third kappa shape index (κ3) is 2.16. The van der Waals surface area contributed by atoms with E-state index in [9.17, 15) is 9.59 Å². The maximum Gasteiger partial charge on any atom is 0.348 e. The zero-order valence-corrected chi connectivity index (χ0v) is 6.47. The fourth-order valence-corrected chi connectivity index (χ4v) is 1.19. The molecule has 0 saturated carbocycles. The average molecular weight is 170 g/mol. The molecule has 0 N–H and O–H groups in total. The van der Waals surface area contributed by atoms with Crippen LogP contribution in [0, 0.1) is 0 Å². The SMILES string of the molecule is O=CCOC(=O)c1cccs1. The van der Waals surface area contributed by atoms with Crippen LogP contribution in [0.15, 0.2) is 17.5 Å². The van der Waals surface area contributed by atoms with Crippen molar-refractivity contribution in [3.8, 4) is 0 Å². The first-order valence-corrected chi connectivity index (χ1v) is 3.87. The van der Waals surface area contributed by atoms with Gasteiger partial charge < -0.3 is 4.74 Å². The maximum atomic E-state index is 10.9. The summed E-state index contributed by atoms with van der Waals surface area (Å²) in [6, 6.07) is 3.40. The number of carbonyl (C=O) groups is 2. The molecule has 0 aliphatic carbocycles. The summed E-state index contributed by atoms with van der Waals surface area (Å²) in [6.45, 7) is -0.170. The van der Waals surface area contributed by atoms with Crippen molar-refractivity contribution in [3.05, 3.63) is 22.4 Å². The van der Waals surface area contributed by atoms with E-state index in [1.54, 1.807) is 17.5 Å². The average Bonchev–Trinajstić information content (AvgIpc) is 2.52. The molecule has 0 spiro atoms. The predicted molar refractivity (Wildman–Crippen MR) is 40.7 cm³/mol. The molecule has 0 unspecified atom stereocenters. The standard InChI is InChI=1S/C7H6O3S/c8-3-4-10-7(9)6-2-1-5-11-6/h1-3,5H,4H2. The fraction of sp³-hybridized carbons (Fsp3) is 0.143.